The third-order valence-electron chi connectivity index (χ3n) is 5.97. The predicted molar refractivity (Wildman–Crippen MR) is 116 cm³/mol. The molecule has 8 heteroatoms. The van der Waals surface area contributed by atoms with E-state index in [9.17, 15) is 13.2 Å². The summed E-state index contributed by atoms with van der Waals surface area (Å²) in [6, 6.07) is 9.78. The molecule has 1 amide bonds. The van der Waals surface area contributed by atoms with E-state index >= 15 is 0 Å². The van der Waals surface area contributed by atoms with E-state index in [1.54, 1.807) is 17.1 Å². The zero-order valence-electron chi connectivity index (χ0n) is 17.3. The Bertz CT molecular complexity index is 1280. The van der Waals surface area contributed by atoms with Gasteiger partial charge in [-0.1, -0.05) is 12.1 Å². The molecule has 0 unspecified atom stereocenters. The number of aryl methyl sites for hydroxylation is 2. The molecule has 1 saturated carbocycles. The minimum absolute atomic E-state index is 0.00242. The number of carbonyl (C=O) groups is 1. The van der Waals surface area contributed by atoms with Crippen LogP contribution in [0.25, 0.3) is 11.1 Å². The summed E-state index contributed by atoms with van der Waals surface area (Å²) in [4.78, 5) is 17.1. The third-order valence-corrected chi connectivity index (χ3v) is 7.24. The van der Waals surface area contributed by atoms with Crippen LogP contribution in [0.15, 0.2) is 47.8 Å². The van der Waals surface area contributed by atoms with Crippen molar-refractivity contribution in [3.63, 3.8) is 0 Å². The lowest BCUT2D eigenvalue weighted by atomic mass is 9.91. The Balaban J connectivity index is 1.43. The SMILES string of the molecule is Cc1cc(-c2ccc3c(c2CC(=O)NS(=O)(=O)c2ccn(C4CC4)n2)CCC3)ccn1. The second-order valence-corrected chi connectivity index (χ2v) is 9.97. The van der Waals surface area contributed by atoms with E-state index in [2.05, 4.69) is 20.9 Å². The second-order valence-electron chi connectivity index (χ2n) is 8.34. The average molecular weight is 437 g/mol. The first-order chi connectivity index (χ1) is 14.9. The van der Waals surface area contributed by atoms with E-state index in [1.807, 2.05) is 25.1 Å². The van der Waals surface area contributed by atoms with Gasteiger partial charge in [-0.25, -0.2) is 4.72 Å². The van der Waals surface area contributed by atoms with Crippen LogP contribution in [0.2, 0.25) is 0 Å². The maximum atomic E-state index is 12.9. The molecule has 0 bridgehead atoms. The van der Waals surface area contributed by atoms with E-state index in [0.29, 0.717) is 0 Å². The van der Waals surface area contributed by atoms with Gasteiger partial charge in [-0.2, -0.15) is 13.5 Å². The Hall–Kier alpha value is -3.00. The number of sulfonamides is 1. The van der Waals surface area contributed by atoms with Crippen molar-refractivity contribution in [2.75, 3.05) is 0 Å². The normalized spacial score (nSPS) is 15.6. The Morgan fingerprint density at radius 3 is 2.81 bits per heavy atom. The lowest BCUT2D eigenvalue weighted by molar-refractivity contribution is -0.118. The largest absolute Gasteiger partial charge is 0.283 e. The molecule has 0 radical (unpaired) electrons. The molecule has 1 N–H and O–H groups in total. The van der Waals surface area contributed by atoms with E-state index in [1.165, 1.54) is 11.6 Å². The van der Waals surface area contributed by atoms with Crippen LogP contribution in [0.1, 0.15) is 47.7 Å². The van der Waals surface area contributed by atoms with Crippen molar-refractivity contribution < 1.29 is 13.2 Å². The molecule has 1 aromatic carbocycles. The van der Waals surface area contributed by atoms with Crippen molar-refractivity contribution in [2.24, 2.45) is 0 Å². The number of nitrogens with one attached hydrogen (secondary N) is 1. The minimum atomic E-state index is -4.00. The highest BCUT2D eigenvalue weighted by Gasteiger charge is 2.28. The van der Waals surface area contributed by atoms with Gasteiger partial charge in [0.15, 0.2) is 5.03 Å². The highest BCUT2D eigenvalue weighted by molar-refractivity contribution is 7.90. The number of hydrogen-bond donors (Lipinski definition) is 1. The molecule has 2 aliphatic rings. The van der Waals surface area contributed by atoms with E-state index in [-0.39, 0.29) is 17.5 Å². The summed E-state index contributed by atoms with van der Waals surface area (Å²) in [6.07, 6.45) is 8.34. The molecule has 1 fully saturated rings. The number of rotatable bonds is 6. The fourth-order valence-corrected chi connectivity index (χ4v) is 5.25. The van der Waals surface area contributed by atoms with Gasteiger partial charge in [0.25, 0.3) is 10.0 Å². The van der Waals surface area contributed by atoms with Gasteiger partial charge in [0.1, 0.15) is 0 Å². The van der Waals surface area contributed by atoms with Gasteiger partial charge in [0, 0.05) is 18.1 Å². The maximum absolute atomic E-state index is 12.9. The molecule has 0 saturated heterocycles. The topological polar surface area (TPSA) is 94.0 Å². The number of carbonyl (C=O) groups excluding carboxylic acids is 1. The van der Waals surface area contributed by atoms with Crippen LogP contribution in [0, 0.1) is 6.92 Å². The molecule has 2 heterocycles. The summed E-state index contributed by atoms with van der Waals surface area (Å²) in [5, 5.41) is 4.03. The molecule has 7 nitrogen and oxygen atoms in total. The summed E-state index contributed by atoms with van der Waals surface area (Å²) in [6.45, 7) is 1.93. The molecule has 2 aliphatic carbocycles. The summed E-state index contributed by atoms with van der Waals surface area (Å²) in [5.74, 6) is -0.548. The number of pyridine rings is 1. The van der Waals surface area contributed by atoms with Crippen LogP contribution in [0.3, 0.4) is 0 Å². The molecule has 0 atom stereocenters. The molecular weight excluding hydrogens is 412 g/mol. The van der Waals surface area contributed by atoms with Gasteiger partial charge in [0.2, 0.25) is 5.91 Å². The first-order valence-electron chi connectivity index (χ1n) is 10.6. The second kappa shape index (κ2) is 7.60. The van der Waals surface area contributed by atoms with Crippen molar-refractivity contribution in [2.45, 2.75) is 56.5 Å². The summed E-state index contributed by atoms with van der Waals surface area (Å²) >= 11 is 0. The standard InChI is InChI=1S/C23H24N4O3S/c1-15-13-17(9-11-24-15)20-8-5-16-3-2-4-19(16)21(20)14-22(28)26-31(29,30)23-10-12-27(25-23)18-6-7-18/h5,8-13,18H,2-4,6-7,14H2,1H3,(H,26,28). The van der Waals surface area contributed by atoms with Crippen LogP contribution in [0.5, 0.6) is 0 Å². The maximum Gasteiger partial charge on any atom is 0.283 e. The van der Waals surface area contributed by atoms with Crippen LogP contribution in [-0.2, 0) is 34.1 Å². The average Bonchev–Trinajstić information content (AvgIpc) is 3.24. The van der Waals surface area contributed by atoms with Gasteiger partial charge >= 0.3 is 0 Å². The molecule has 0 aliphatic heterocycles. The van der Waals surface area contributed by atoms with Gasteiger partial charge in [-0.3, -0.25) is 14.5 Å². The highest BCUT2D eigenvalue weighted by Crippen LogP contribution is 2.35. The molecule has 160 valence electrons. The van der Waals surface area contributed by atoms with Crippen LogP contribution < -0.4 is 4.72 Å². The zero-order valence-corrected chi connectivity index (χ0v) is 18.2. The summed E-state index contributed by atoms with van der Waals surface area (Å²) in [7, 11) is -4.00. The molecule has 31 heavy (non-hydrogen) atoms. The van der Waals surface area contributed by atoms with Crippen LogP contribution >= 0.6 is 0 Å². The molecule has 2 aromatic heterocycles. The van der Waals surface area contributed by atoms with E-state index in [4.69, 9.17) is 0 Å². The molecule has 0 spiro atoms. The number of aromatic nitrogens is 3. The Morgan fingerprint density at radius 2 is 2.03 bits per heavy atom. The van der Waals surface area contributed by atoms with Crippen molar-refractivity contribution in [3.8, 4) is 11.1 Å². The van der Waals surface area contributed by atoms with Gasteiger partial charge in [-0.15, -0.1) is 0 Å². The predicted octanol–water partition coefficient (Wildman–Crippen LogP) is 3.12. The number of nitrogens with zero attached hydrogens (tertiary/aromatic N) is 3. The number of fused-ring (bicyclic) bond motifs is 1. The van der Waals surface area contributed by atoms with Gasteiger partial charge in [0.05, 0.1) is 12.5 Å². The monoisotopic (exact) mass is 436 g/mol. The first-order valence-corrected chi connectivity index (χ1v) is 12.1. The molecule has 3 aromatic rings. The Morgan fingerprint density at radius 1 is 1.19 bits per heavy atom. The lowest BCUT2D eigenvalue weighted by Gasteiger charge is -2.15. The Labute approximate surface area is 181 Å². The zero-order chi connectivity index (χ0) is 21.6. The molecule has 5 rings (SSSR count). The van der Waals surface area contributed by atoms with Crippen LogP contribution in [0.4, 0.5) is 0 Å². The van der Waals surface area contributed by atoms with Crippen molar-refractivity contribution >= 4 is 15.9 Å². The van der Waals surface area contributed by atoms with Crippen molar-refractivity contribution in [1.29, 1.82) is 0 Å². The first kappa shape index (κ1) is 19.9. The smallest absolute Gasteiger partial charge is 0.274 e. The van der Waals surface area contributed by atoms with E-state index in [0.717, 1.165) is 60.1 Å². The number of hydrogen-bond acceptors (Lipinski definition) is 5. The van der Waals surface area contributed by atoms with Crippen molar-refractivity contribution in [3.05, 3.63) is 65.1 Å². The fraction of sp³-hybridized carbons (Fsp3) is 0.348. The lowest BCUT2D eigenvalue weighted by Crippen LogP contribution is -2.32. The van der Waals surface area contributed by atoms with E-state index < -0.39 is 15.9 Å². The number of benzene rings is 1. The quantitative estimate of drug-likeness (QED) is 0.641. The Kier molecular flexibility index (Phi) is 4.89. The van der Waals surface area contributed by atoms with Gasteiger partial charge < -0.3 is 0 Å². The third kappa shape index (κ3) is 3.99. The minimum Gasteiger partial charge on any atom is -0.274 e. The van der Waals surface area contributed by atoms with Crippen molar-refractivity contribution in [1.82, 2.24) is 19.5 Å². The van der Waals surface area contributed by atoms with Gasteiger partial charge in [-0.05, 0) is 85.0 Å². The summed E-state index contributed by atoms with van der Waals surface area (Å²) < 4.78 is 29.3. The summed E-state index contributed by atoms with van der Waals surface area (Å²) in [5.41, 5.74) is 6.13. The number of amides is 1. The fourth-order valence-electron chi connectivity index (χ4n) is 4.33. The molecular formula is C23H24N4O3S. The highest BCUT2D eigenvalue weighted by atomic mass is 32.2. The van der Waals surface area contributed by atoms with Crippen LogP contribution in [-0.4, -0.2) is 29.1 Å².